The number of carbonyl (C=O) groups excluding carboxylic acids is 1. The molecule has 1 amide bonds. The molecule has 0 saturated carbocycles. The Morgan fingerprint density at radius 3 is 2.88 bits per heavy atom. The van der Waals surface area contributed by atoms with Crippen molar-refractivity contribution in [3.05, 3.63) is 23.7 Å². The van der Waals surface area contributed by atoms with Gasteiger partial charge in [0.1, 0.15) is 0 Å². The molecule has 2 heterocycles. The molecule has 1 aliphatic heterocycles. The first-order valence-corrected chi connectivity index (χ1v) is 5.31. The molecule has 1 fully saturated rings. The third kappa shape index (κ3) is 1.83. The van der Waals surface area contributed by atoms with Crippen LogP contribution in [0.5, 0.6) is 0 Å². The van der Waals surface area contributed by atoms with E-state index >= 15 is 0 Å². The fourth-order valence-electron chi connectivity index (χ4n) is 1.95. The predicted octanol–water partition coefficient (Wildman–Crippen LogP) is -0.00728. The van der Waals surface area contributed by atoms with Gasteiger partial charge in [-0.3, -0.25) is 4.79 Å². The van der Waals surface area contributed by atoms with E-state index in [1.807, 2.05) is 6.92 Å². The first-order valence-electron chi connectivity index (χ1n) is 5.31. The number of hydrogen-bond donors (Lipinski definition) is 2. The van der Waals surface area contributed by atoms with Crippen molar-refractivity contribution in [3.63, 3.8) is 0 Å². The van der Waals surface area contributed by atoms with Crippen LogP contribution in [-0.4, -0.2) is 48.2 Å². The summed E-state index contributed by atoms with van der Waals surface area (Å²) in [5.74, 6) is 0.164. The minimum absolute atomic E-state index is 0.183. The number of aryl methyl sites for hydroxylation is 1. The van der Waals surface area contributed by atoms with Crippen molar-refractivity contribution in [3.8, 4) is 0 Å². The molecule has 1 aromatic rings. The second kappa shape index (κ2) is 4.27. The molecule has 1 aromatic heterocycles. The van der Waals surface area contributed by atoms with Crippen LogP contribution in [0.3, 0.4) is 0 Å². The summed E-state index contributed by atoms with van der Waals surface area (Å²) in [5.41, 5.74) is 0.817. The van der Waals surface area contributed by atoms with Gasteiger partial charge in [-0.05, 0) is 13.0 Å². The average Bonchev–Trinajstić information content (AvgIpc) is 2.85. The quantitative estimate of drug-likeness (QED) is 0.741. The Labute approximate surface area is 94.0 Å². The third-order valence-corrected chi connectivity index (χ3v) is 3.03. The van der Waals surface area contributed by atoms with Gasteiger partial charge in [-0.15, -0.1) is 0 Å². The predicted molar refractivity (Wildman–Crippen MR) is 58.2 cm³/mol. The van der Waals surface area contributed by atoms with Crippen molar-refractivity contribution in [1.82, 2.24) is 10.2 Å². The van der Waals surface area contributed by atoms with Gasteiger partial charge in [0.25, 0.3) is 5.91 Å². The van der Waals surface area contributed by atoms with Crippen molar-refractivity contribution in [2.24, 2.45) is 0 Å². The highest BCUT2D eigenvalue weighted by molar-refractivity contribution is 5.92. The highest BCUT2D eigenvalue weighted by Gasteiger charge is 2.32. The molecule has 1 aliphatic rings. The molecule has 0 spiro atoms. The molecule has 5 nitrogen and oxygen atoms in total. The number of rotatable bonds is 2. The zero-order chi connectivity index (χ0) is 11.7. The first kappa shape index (κ1) is 11.2. The molecule has 0 aliphatic carbocycles. The number of furan rings is 1. The second-order valence-corrected chi connectivity index (χ2v) is 4.14. The molecule has 2 atom stereocenters. The van der Waals surface area contributed by atoms with Gasteiger partial charge in [0.05, 0.1) is 18.4 Å². The molecule has 2 rings (SSSR count). The maximum absolute atomic E-state index is 12.1. The molecule has 16 heavy (non-hydrogen) atoms. The minimum Gasteiger partial charge on any atom is -0.459 e. The van der Waals surface area contributed by atoms with Gasteiger partial charge in [0, 0.05) is 25.7 Å². The zero-order valence-electron chi connectivity index (χ0n) is 9.43. The summed E-state index contributed by atoms with van der Waals surface area (Å²) < 4.78 is 5.15. The number of likely N-dealkylation sites (N-methyl/N-ethyl adjacent to an activating group) is 1. The van der Waals surface area contributed by atoms with Gasteiger partial charge < -0.3 is 19.7 Å². The van der Waals surface area contributed by atoms with E-state index in [2.05, 4.69) is 5.32 Å². The summed E-state index contributed by atoms with van der Waals surface area (Å²) in [6.07, 6.45) is 0.990. The molecule has 5 heteroatoms. The van der Waals surface area contributed by atoms with E-state index in [-0.39, 0.29) is 11.9 Å². The van der Waals surface area contributed by atoms with Crippen LogP contribution in [0.2, 0.25) is 0 Å². The van der Waals surface area contributed by atoms with Gasteiger partial charge in [-0.25, -0.2) is 0 Å². The monoisotopic (exact) mass is 224 g/mol. The summed E-state index contributed by atoms with van der Waals surface area (Å²) in [4.78, 5) is 13.6. The number of nitrogens with one attached hydrogen (secondary N) is 1. The Morgan fingerprint density at radius 2 is 2.38 bits per heavy atom. The number of aliphatic hydroxyl groups is 1. The number of aliphatic hydroxyl groups excluding tert-OH is 1. The van der Waals surface area contributed by atoms with Gasteiger partial charge in [0.15, 0.2) is 5.76 Å². The van der Waals surface area contributed by atoms with Crippen LogP contribution in [0, 0.1) is 6.92 Å². The van der Waals surface area contributed by atoms with Crippen molar-refractivity contribution in [1.29, 1.82) is 0 Å². The SMILES string of the molecule is Cc1ccoc1C(=O)N(C)C1CNCC1O. The number of hydrogen-bond acceptors (Lipinski definition) is 4. The maximum atomic E-state index is 12.1. The van der Waals surface area contributed by atoms with Crippen molar-refractivity contribution >= 4 is 5.91 Å². The van der Waals surface area contributed by atoms with E-state index in [4.69, 9.17) is 4.42 Å². The fraction of sp³-hybridized carbons (Fsp3) is 0.545. The normalized spacial score (nSPS) is 24.7. The molecule has 1 saturated heterocycles. The smallest absolute Gasteiger partial charge is 0.289 e. The molecule has 88 valence electrons. The highest BCUT2D eigenvalue weighted by Crippen LogP contribution is 2.15. The number of nitrogens with zero attached hydrogens (tertiary/aromatic N) is 1. The Hall–Kier alpha value is -1.33. The molecule has 2 unspecified atom stereocenters. The van der Waals surface area contributed by atoms with Gasteiger partial charge in [0.2, 0.25) is 0 Å². The van der Waals surface area contributed by atoms with Crippen LogP contribution in [0.4, 0.5) is 0 Å². The summed E-state index contributed by atoms with van der Waals surface area (Å²) in [5, 5.41) is 12.7. The Morgan fingerprint density at radius 1 is 1.62 bits per heavy atom. The molecule has 0 aromatic carbocycles. The Bertz CT molecular complexity index is 388. The molecule has 0 radical (unpaired) electrons. The van der Waals surface area contributed by atoms with Crippen molar-refractivity contribution in [2.75, 3.05) is 20.1 Å². The van der Waals surface area contributed by atoms with Gasteiger partial charge in [-0.2, -0.15) is 0 Å². The van der Waals surface area contributed by atoms with Gasteiger partial charge in [-0.1, -0.05) is 0 Å². The zero-order valence-corrected chi connectivity index (χ0v) is 9.43. The summed E-state index contributed by atoms with van der Waals surface area (Å²) in [7, 11) is 1.69. The van der Waals surface area contributed by atoms with E-state index in [0.717, 1.165) is 5.56 Å². The van der Waals surface area contributed by atoms with E-state index < -0.39 is 6.10 Å². The number of β-amino-alcohol motifs (C(OH)–C–C–N with tert-alkyl or cyclic N) is 1. The number of amides is 1. The van der Waals surface area contributed by atoms with E-state index in [1.54, 1.807) is 13.1 Å². The molecular weight excluding hydrogens is 208 g/mol. The van der Waals surface area contributed by atoms with Crippen LogP contribution < -0.4 is 5.32 Å². The highest BCUT2D eigenvalue weighted by atomic mass is 16.3. The largest absolute Gasteiger partial charge is 0.459 e. The van der Waals surface area contributed by atoms with Gasteiger partial charge >= 0.3 is 0 Å². The van der Waals surface area contributed by atoms with Crippen molar-refractivity contribution in [2.45, 2.75) is 19.1 Å². The maximum Gasteiger partial charge on any atom is 0.289 e. The van der Waals surface area contributed by atoms with E-state index in [9.17, 15) is 9.90 Å². The van der Waals surface area contributed by atoms with Crippen LogP contribution in [0.1, 0.15) is 16.1 Å². The topological polar surface area (TPSA) is 65.7 Å². The summed E-state index contributed by atoms with van der Waals surface area (Å²) in [6.45, 7) is 2.97. The lowest BCUT2D eigenvalue weighted by Gasteiger charge is -2.25. The van der Waals surface area contributed by atoms with E-state index in [0.29, 0.717) is 18.8 Å². The second-order valence-electron chi connectivity index (χ2n) is 4.14. The van der Waals surface area contributed by atoms with Crippen LogP contribution in [-0.2, 0) is 0 Å². The van der Waals surface area contributed by atoms with Crippen LogP contribution in [0.25, 0.3) is 0 Å². The van der Waals surface area contributed by atoms with Crippen LogP contribution in [0.15, 0.2) is 16.7 Å². The third-order valence-electron chi connectivity index (χ3n) is 3.03. The van der Waals surface area contributed by atoms with Crippen LogP contribution >= 0.6 is 0 Å². The lowest BCUT2D eigenvalue weighted by Crippen LogP contribution is -2.44. The van der Waals surface area contributed by atoms with E-state index in [1.165, 1.54) is 11.2 Å². The minimum atomic E-state index is -0.510. The first-order chi connectivity index (χ1) is 7.61. The fourth-order valence-corrected chi connectivity index (χ4v) is 1.95. The Balaban J connectivity index is 2.13. The lowest BCUT2D eigenvalue weighted by molar-refractivity contribution is 0.0552. The molecule has 2 N–H and O–H groups in total. The summed E-state index contributed by atoms with van der Waals surface area (Å²) in [6, 6.07) is 1.57. The lowest BCUT2D eigenvalue weighted by atomic mass is 10.1. The average molecular weight is 224 g/mol. The van der Waals surface area contributed by atoms with Crippen molar-refractivity contribution < 1.29 is 14.3 Å². The number of carbonyl (C=O) groups is 1. The molecular formula is C11H16N2O3. The standard InChI is InChI=1S/C11H16N2O3/c1-7-3-4-16-10(7)11(15)13(2)8-5-12-6-9(8)14/h3-4,8-9,12,14H,5-6H2,1-2H3. The summed E-state index contributed by atoms with van der Waals surface area (Å²) >= 11 is 0. The molecule has 0 bridgehead atoms. The Kier molecular flexibility index (Phi) is 2.98.